The van der Waals surface area contributed by atoms with Crippen LogP contribution in [0.3, 0.4) is 0 Å². The van der Waals surface area contributed by atoms with E-state index in [2.05, 4.69) is 9.62 Å². The summed E-state index contributed by atoms with van der Waals surface area (Å²) < 4.78 is 50.0. The third-order valence-corrected chi connectivity index (χ3v) is 9.91. The van der Waals surface area contributed by atoms with Gasteiger partial charge in [0, 0.05) is 69.1 Å². The van der Waals surface area contributed by atoms with E-state index in [0.29, 0.717) is 57.1 Å². The summed E-state index contributed by atoms with van der Waals surface area (Å²) in [6.45, 7) is 5.02. The lowest BCUT2D eigenvalue weighted by atomic mass is 9.83. The van der Waals surface area contributed by atoms with Gasteiger partial charge in [-0.1, -0.05) is 6.07 Å². The summed E-state index contributed by atoms with van der Waals surface area (Å²) in [6, 6.07) is 14.8. The van der Waals surface area contributed by atoms with Crippen LogP contribution in [-0.4, -0.2) is 80.7 Å². The standard InChI is InChI=1S/C31H34FN5O6S/c1-2-43-31(40)35-14-12-34(13-15-35)30(39)22-6-11-28(26(17-22)33-44(41,42)25-9-7-24(32)8-10-25)36-18-21-16-23(20-36)27-4-3-5-29(38)37(27)19-21/h3-11,17,21,23,33H,2,12-16,18-20H2,1H3/t21-,23+/m1/s1. The average Bonchev–Trinajstić information content (AvgIpc) is 3.01. The number of carbonyl (C=O) groups is 2. The molecule has 3 aliphatic rings. The number of fused-ring (bicyclic) bond motifs is 4. The monoisotopic (exact) mass is 623 g/mol. The molecule has 4 heterocycles. The van der Waals surface area contributed by atoms with E-state index in [1.54, 1.807) is 47.1 Å². The van der Waals surface area contributed by atoms with Gasteiger partial charge in [-0.25, -0.2) is 17.6 Å². The van der Waals surface area contributed by atoms with E-state index in [9.17, 15) is 27.2 Å². The Morgan fingerprint density at radius 2 is 1.68 bits per heavy atom. The number of halogens is 1. The minimum atomic E-state index is -4.13. The summed E-state index contributed by atoms with van der Waals surface area (Å²) in [5.74, 6) is -0.583. The maximum atomic E-state index is 13.6. The van der Waals surface area contributed by atoms with Crippen LogP contribution in [0, 0.1) is 11.7 Å². The summed E-state index contributed by atoms with van der Waals surface area (Å²) >= 11 is 0. The van der Waals surface area contributed by atoms with E-state index >= 15 is 0 Å². The number of hydrogen-bond acceptors (Lipinski definition) is 7. The fourth-order valence-electron chi connectivity index (χ4n) is 6.43. The quantitative estimate of drug-likeness (QED) is 0.447. The molecule has 1 N–H and O–H groups in total. The Labute approximate surface area is 254 Å². The topological polar surface area (TPSA) is 121 Å². The number of ether oxygens (including phenoxy) is 1. The Balaban J connectivity index is 1.30. The van der Waals surface area contributed by atoms with Crippen molar-refractivity contribution in [1.29, 1.82) is 0 Å². The number of aromatic nitrogens is 1. The molecular weight excluding hydrogens is 589 g/mol. The van der Waals surface area contributed by atoms with Crippen LogP contribution in [0.4, 0.5) is 20.6 Å². The second-order valence-corrected chi connectivity index (χ2v) is 13.1. The van der Waals surface area contributed by atoms with Gasteiger partial charge in [0.25, 0.3) is 21.5 Å². The molecule has 2 bridgehead atoms. The van der Waals surface area contributed by atoms with Crippen molar-refractivity contribution in [3.05, 3.63) is 88.1 Å². The summed E-state index contributed by atoms with van der Waals surface area (Å²) in [5.41, 5.74) is 2.07. The Morgan fingerprint density at radius 1 is 0.955 bits per heavy atom. The Morgan fingerprint density at radius 3 is 2.41 bits per heavy atom. The number of nitrogens with zero attached hydrogens (tertiary/aromatic N) is 4. The normalized spacial score (nSPS) is 19.7. The number of sulfonamides is 1. The van der Waals surface area contributed by atoms with Crippen molar-refractivity contribution >= 4 is 33.4 Å². The molecule has 0 spiro atoms. The van der Waals surface area contributed by atoms with Crippen LogP contribution in [0.2, 0.25) is 0 Å². The maximum Gasteiger partial charge on any atom is 0.409 e. The molecule has 44 heavy (non-hydrogen) atoms. The molecule has 2 fully saturated rings. The molecule has 1 aromatic heterocycles. The number of nitrogens with one attached hydrogen (secondary N) is 1. The highest BCUT2D eigenvalue weighted by Gasteiger charge is 2.36. The third kappa shape index (κ3) is 5.88. The average molecular weight is 624 g/mol. The van der Waals surface area contributed by atoms with E-state index < -0.39 is 21.9 Å². The van der Waals surface area contributed by atoms with Crippen molar-refractivity contribution in [3.63, 3.8) is 0 Å². The number of hydrogen-bond donors (Lipinski definition) is 1. The van der Waals surface area contributed by atoms with Crippen LogP contribution in [0.1, 0.15) is 35.3 Å². The molecule has 13 heteroatoms. The minimum Gasteiger partial charge on any atom is -0.450 e. The molecule has 2 aromatic carbocycles. The first kappa shape index (κ1) is 29.7. The van der Waals surface area contributed by atoms with Crippen molar-refractivity contribution in [1.82, 2.24) is 14.4 Å². The van der Waals surface area contributed by atoms with E-state index in [1.165, 1.54) is 12.1 Å². The number of piperazine rings is 1. The summed E-state index contributed by atoms with van der Waals surface area (Å²) in [4.78, 5) is 43.4. The molecule has 11 nitrogen and oxygen atoms in total. The van der Waals surface area contributed by atoms with Crippen LogP contribution in [0.15, 0.2) is 70.4 Å². The Kier molecular flexibility index (Phi) is 8.06. The minimum absolute atomic E-state index is 0.0237. The van der Waals surface area contributed by atoms with E-state index in [1.807, 2.05) is 10.6 Å². The first-order valence-corrected chi connectivity index (χ1v) is 16.2. The molecule has 2 amide bonds. The molecule has 6 rings (SSSR count). The highest BCUT2D eigenvalue weighted by Crippen LogP contribution is 2.40. The number of anilines is 2. The van der Waals surface area contributed by atoms with Gasteiger partial charge >= 0.3 is 6.09 Å². The smallest absolute Gasteiger partial charge is 0.409 e. The van der Waals surface area contributed by atoms with Crippen molar-refractivity contribution in [2.24, 2.45) is 5.92 Å². The predicted octanol–water partition coefficient (Wildman–Crippen LogP) is 3.33. The fraction of sp³-hybridized carbons (Fsp3) is 0.387. The highest BCUT2D eigenvalue weighted by atomic mass is 32.2. The van der Waals surface area contributed by atoms with Gasteiger partial charge in [0.2, 0.25) is 0 Å². The van der Waals surface area contributed by atoms with Gasteiger partial charge in [-0.3, -0.25) is 14.3 Å². The van der Waals surface area contributed by atoms with Gasteiger partial charge < -0.3 is 24.0 Å². The van der Waals surface area contributed by atoms with Crippen molar-refractivity contribution in [2.75, 3.05) is 55.5 Å². The number of piperidine rings is 1. The van der Waals surface area contributed by atoms with Crippen molar-refractivity contribution in [2.45, 2.75) is 30.7 Å². The molecule has 3 aliphatic heterocycles. The van der Waals surface area contributed by atoms with Gasteiger partial charge in [0.1, 0.15) is 5.82 Å². The number of amides is 2. The molecule has 232 valence electrons. The molecule has 2 atom stereocenters. The fourth-order valence-corrected chi connectivity index (χ4v) is 7.49. The van der Waals surface area contributed by atoms with Crippen LogP contribution >= 0.6 is 0 Å². The first-order valence-electron chi connectivity index (χ1n) is 14.7. The molecule has 0 saturated carbocycles. The SMILES string of the molecule is CCOC(=O)N1CCN(C(=O)c2ccc(N3C[C@H]4C[C@@H](C3)c3cccc(=O)n3C4)c(NS(=O)(=O)c3ccc(F)cc3)c2)CC1. The van der Waals surface area contributed by atoms with Crippen LogP contribution in [0.25, 0.3) is 0 Å². The Bertz CT molecular complexity index is 1740. The molecule has 2 saturated heterocycles. The third-order valence-electron chi connectivity index (χ3n) is 8.53. The lowest BCUT2D eigenvalue weighted by Gasteiger charge is -2.44. The lowest BCUT2D eigenvalue weighted by Crippen LogP contribution is -2.50. The molecule has 0 radical (unpaired) electrons. The summed E-state index contributed by atoms with van der Waals surface area (Å²) in [5, 5.41) is 0. The predicted molar refractivity (Wildman–Crippen MR) is 162 cm³/mol. The Hall–Kier alpha value is -4.39. The van der Waals surface area contributed by atoms with E-state index in [-0.39, 0.29) is 40.5 Å². The van der Waals surface area contributed by atoms with Crippen molar-refractivity contribution < 1.29 is 27.1 Å². The maximum absolute atomic E-state index is 13.6. The molecule has 0 aliphatic carbocycles. The van der Waals surface area contributed by atoms with Gasteiger partial charge in [-0.05, 0) is 67.8 Å². The zero-order valence-electron chi connectivity index (χ0n) is 24.3. The van der Waals surface area contributed by atoms with Gasteiger partial charge in [-0.15, -0.1) is 0 Å². The van der Waals surface area contributed by atoms with E-state index in [4.69, 9.17) is 4.74 Å². The zero-order chi connectivity index (χ0) is 31.0. The van der Waals surface area contributed by atoms with Crippen LogP contribution < -0.4 is 15.2 Å². The van der Waals surface area contributed by atoms with Crippen LogP contribution in [0.5, 0.6) is 0 Å². The van der Waals surface area contributed by atoms with Crippen LogP contribution in [-0.2, 0) is 21.3 Å². The molecular formula is C31H34FN5O6S. The lowest BCUT2D eigenvalue weighted by molar-refractivity contribution is 0.0570. The first-order chi connectivity index (χ1) is 21.1. The number of pyridine rings is 1. The summed E-state index contributed by atoms with van der Waals surface area (Å²) in [7, 11) is -4.13. The zero-order valence-corrected chi connectivity index (χ0v) is 25.1. The number of rotatable bonds is 6. The molecule has 3 aromatic rings. The second kappa shape index (κ2) is 11.9. The van der Waals surface area contributed by atoms with Gasteiger partial charge in [-0.2, -0.15) is 0 Å². The molecule has 0 unspecified atom stereocenters. The van der Waals surface area contributed by atoms with Gasteiger partial charge in [0.15, 0.2) is 0 Å². The van der Waals surface area contributed by atoms with E-state index in [0.717, 1.165) is 24.2 Å². The number of carbonyl (C=O) groups excluding carboxylic acids is 2. The highest BCUT2D eigenvalue weighted by molar-refractivity contribution is 7.92. The van der Waals surface area contributed by atoms with Gasteiger partial charge in [0.05, 0.1) is 22.9 Å². The second-order valence-electron chi connectivity index (χ2n) is 11.4. The number of benzene rings is 2. The largest absolute Gasteiger partial charge is 0.450 e. The van der Waals surface area contributed by atoms with Crippen molar-refractivity contribution in [3.8, 4) is 0 Å². The summed E-state index contributed by atoms with van der Waals surface area (Å²) in [6.07, 6.45) is 0.505.